The largest absolute Gasteiger partial charge is 0.399 e. The van der Waals surface area contributed by atoms with Crippen LogP contribution < -0.4 is 10.6 Å². The van der Waals surface area contributed by atoms with E-state index in [1.807, 2.05) is 0 Å². The quantitative estimate of drug-likeness (QED) is 0.458. The third kappa shape index (κ3) is 3.60. The summed E-state index contributed by atoms with van der Waals surface area (Å²) in [6, 6.07) is 5.20. The second kappa shape index (κ2) is 6.04. The summed E-state index contributed by atoms with van der Waals surface area (Å²) in [6.07, 6.45) is -1.77. The summed E-state index contributed by atoms with van der Waals surface area (Å²) in [7, 11) is 0. The third-order valence-electron chi connectivity index (χ3n) is 2.70. The molecule has 0 spiro atoms. The van der Waals surface area contributed by atoms with Gasteiger partial charge in [-0.3, -0.25) is 0 Å². The van der Waals surface area contributed by atoms with E-state index in [1.54, 1.807) is 39.0 Å². The number of nitrogens with zero attached hydrogens (tertiary/aromatic N) is 1. The lowest BCUT2D eigenvalue weighted by atomic mass is 10.0. The van der Waals surface area contributed by atoms with Gasteiger partial charge in [0.1, 0.15) is 12.5 Å². The lowest BCUT2D eigenvalue weighted by Gasteiger charge is -2.32. The topological polar surface area (TPSA) is 90.0 Å². The minimum Gasteiger partial charge on any atom is -0.399 e. The van der Waals surface area contributed by atoms with Crippen LogP contribution in [0.15, 0.2) is 18.2 Å². The molecule has 0 radical (unpaired) electrons. The van der Waals surface area contributed by atoms with Crippen LogP contribution >= 0.6 is 0 Å². The van der Waals surface area contributed by atoms with E-state index in [0.717, 1.165) is 5.56 Å². The van der Waals surface area contributed by atoms with Crippen LogP contribution in [0.5, 0.6) is 0 Å². The van der Waals surface area contributed by atoms with Gasteiger partial charge in [-0.15, -0.1) is 0 Å². The lowest BCUT2D eigenvalue weighted by Crippen LogP contribution is -2.41. The third-order valence-corrected chi connectivity index (χ3v) is 2.70. The monoisotopic (exact) mass is 254 g/mol. The number of aliphatic hydroxyl groups excluding tert-OH is 3. The fourth-order valence-corrected chi connectivity index (χ4v) is 2.05. The van der Waals surface area contributed by atoms with Crippen LogP contribution in [-0.4, -0.2) is 33.9 Å². The molecule has 3 unspecified atom stereocenters. The molecular weight excluding hydrogens is 232 g/mol. The zero-order chi connectivity index (χ0) is 13.9. The fourth-order valence-electron chi connectivity index (χ4n) is 2.05. The van der Waals surface area contributed by atoms with Gasteiger partial charge in [-0.1, -0.05) is 0 Å². The van der Waals surface area contributed by atoms with E-state index in [-0.39, 0.29) is 0 Å². The Hall–Kier alpha value is -1.30. The fraction of sp³-hybridized carbons (Fsp3) is 0.538. The molecule has 102 valence electrons. The molecule has 1 aromatic carbocycles. The van der Waals surface area contributed by atoms with E-state index in [9.17, 15) is 15.3 Å². The normalized spacial score (nSPS) is 16.1. The Morgan fingerprint density at radius 1 is 1.11 bits per heavy atom. The maximum atomic E-state index is 9.74. The van der Waals surface area contributed by atoms with Crippen molar-refractivity contribution in [3.63, 3.8) is 0 Å². The van der Waals surface area contributed by atoms with Crippen LogP contribution in [0.2, 0.25) is 0 Å². The van der Waals surface area contributed by atoms with Gasteiger partial charge in [0.05, 0.1) is 6.10 Å². The first-order valence-electron chi connectivity index (χ1n) is 6.04. The van der Waals surface area contributed by atoms with E-state index >= 15 is 0 Å². The van der Waals surface area contributed by atoms with Crippen molar-refractivity contribution in [1.29, 1.82) is 0 Å². The summed E-state index contributed by atoms with van der Waals surface area (Å²) < 4.78 is 0. The number of hydrogen-bond acceptors (Lipinski definition) is 5. The van der Waals surface area contributed by atoms with Gasteiger partial charge in [-0.25, -0.2) is 0 Å². The van der Waals surface area contributed by atoms with Gasteiger partial charge in [0.2, 0.25) is 0 Å². The first kappa shape index (κ1) is 14.8. The van der Waals surface area contributed by atoms with Gasteiger partial charge in [0.15, 0.2) is 0 Å². The Morgan fingerprint density at radius 3 is 2.11 bits per heavy atom. The zero-order valence-electron chi connectivity index (χ0n) is 11.0. The first-order chi connectivity index (χ1) is 8.32. The Kier molecular flexibility index (Phi) is 4.95. The summed E-state index contributed by atoms with van der Waals surface area (Å²) in [5, 5.41) is 29.0. The summed E-state index contributed by atoms with van der Waals surface area (Å²) >= 11 is 0. The molecule has 5 nitrogen and oxygen atoms in total. The SMILES string of the molecule is CC(O)Cc1cc(N)ccc1N(C(C)O)C(C)O. The van der Waals surface area contributed by atoms with Crippen molar-refractivity contribution in [3.05, 3.63) is 23.8 Å². The van der Waals surface area contributed by atoms with E-state index in [2.05, 4.69) is 0 Å². The number of aliphatic hydroxyl groups is 3. The van der Waals surface area contributed by atoms with Crippen LogP contribution in [0.1, 0.15) is 26.3 Å². The van der Waals surface area contributed by atoms with Crippen LogP contribution in [0, 0.1) is 0 Å². The molecule has 0 bridgehead atoms. The molecular formula is C13H22N2O3. The smallest absolute Gasteiger partial charge is 0.126 e. The summed E-state index contributed by atoms with van der Waals surface area (Å²) in [5.74, 6) is 0. The summed E-state index contributed by atoms with van der Waals surface area (Å²) in [4.78, 5) is 1.47. The molecule has 0 aliphatic heterocycles. The molecule has 5 N–H and O–H groups in total. The van der Waals surface area contributed by atoms with Gasteiger partial charge >= 0.3 is 0 Å². The average molecular weight is 254 g/mol. The molecule has 0 aliphatic carbocycles. The van der Waals surface area contributed by atoms with Crippen LogP contribution in [-0.2, 0) is 6.42 Å². The molecule has 0 fully saturated rings. The lowest BCUT2D eigenvalue weighted by molar-refractivity contribution is 0.104. The van der Waals surface area contributed by atoms with Crippen LogP contribution in [0.4, 0.5) is 11.4 Å². The average Bonchev–Trinajstić information content (AvgIpc) is 2.19. The molecule has 18 heavy (non-hydrogen) atoms. The first-order valence-corrected chi connectivity index (χ1v) is 6.04. The number of benzene rings is 1. The molecule has 0 aliphatic rings. The zero-order valence-corrected chi connectivity index (χ0v) is 11.0. The standard InChI is InChI=1S/C13H22N2O3/c1-8(16)6-11-7-12(14)4-5-13(11)15(9(2)17)10(3)18/h4-5,7-10,16-18H,6,14H2,1-3H3. The number of hydrogen-bond donors (Lipinski definition) is 4. The highest BCUT2D eigenvalue weighted by atomic mass is 16.3. The Morgan fingerprint density at radius 2 is 1.67 bits per heavy atom. The number of rotatable bonds is 5. The number of anilines is 2. The predicted molar refractivity (Wildman–Crippen MR) is 72.1 cm³/mol. The highest BCUT2D eigenvalue weighted by molar-refractivity contribution is 5.60. The molecule has 5 heteroatoms. The van der Waals surface area contributed by atoms with Gasteiger partial charge < -0.3 is 26.0 Å². The maximum absolute atomic E-state index is 9.74. The maximum Gasteiger partial charge on any atom is 0.126 e. The predicted octanol–water partition coefficient (Wildman–Crippen LogP) is 0.675. The van der Waals surface area contributed by atoms with Crippen molar-refractivity contribution in [1.82, 2.24) is 0 Å². The van der Waals surface area contributed by atoms with E-state index < -0.39 is 18.6 Å². The highest BCUT2D eigenvalue weighted by Gasteiger charge is 2.20. The Balaban J connectivity index is 3.20. The van der Waals surface area contributed by atoms with Crippen molar-refractivity contribution in [2.75, 3.05) is 10.6 Å². The van der Waals surface area contributed by atoms with Crippen LogP contribution in [0.25, 0.3) is 0 Å². The minimum absolute atomic E-state index is 0.413. The molecule has 0 amide bonds. The Labute approximate surface area is 107 Å². The van der Waals surface area contributed by atoms with Crippen molar-refractivity contribution >= 4 is 11.4 Å². The molecule has 0 aromatic heterocycles. The molecule has 3 atom stereocenters. The van der Waals surface area contributed by atoms with Gasteiger partial charge in [-0.05, 0) is 44.5 Å². The van der Waals surface area contributed by atoms with E-state index in [0.29, 0.717) is 17.8 Å². The van der Waals surface area contributed by atoms with Crippen molar-refractivity contribution < 1.29 is 15.3 Å². The molecule has 0 saturated carbocycles. The van der Waals surface area contributed by atoms with E-state index in [4.69, 9.17) is 5.73 Å². The summed E-state index contributed by atoms with van der Waals surface area (Å²) in [5.41, 5.74) is 7.79. The minimum atomic E-state index is -0.832. The van der Waals surface area contributed by atoms with Gasteiger partial charge in [0, 0.05) is 17.8 Å². The highest BCUT2D eigenvalue weighted by Crippen LogP contribution is 2.27. The molecule has 0 heterocycles. The van der Waals surface area contributed by atoms with Gasteiger partial charge in [0.25, 0.3) is 0 Å². The van der Waals surface area contributed by atoms with Crippen molar-refractivity contribution in [2.24, 2.45) is 0 Å². The Bertz CT molecular complexity index is 384. The van der Waals surface area contributed by atoms with Crippen molar-refractivity contribution in [2.45, 2.75) is 45.8 Å². The number of nitrogens with two attached hydrogens (primary N) is 1. The van der Waals surface area contributed by atoms with Crippen molar-refractivity contribution in [3.8, 4) is 0 Å². The molecule has 1 aromatic rings. The van der Waals surface area contributed by atoms with Crippen LogP contribution in [0.3, 0.4) is 0 Å². The molecule has 1 rings (SSSR count). The van der Waals surface area contributed by atoms with E-state index in [1.165, 1.54) is 4.90 Å². The molecule has 0 saturated heterocycles. The summed E-state index contributed by atoms with van der Waals surface area (Å²) in [6.45, 7) is 4.84. The van der Waals surface area contributed by atoms with Gasteiger partial charge in [-0.2, -0.15) is 0 Å². The second-order valence-electron chi connectivity index (χ2n) is 4.61. The second-order valence-corrected chi connectivity index (χ2v) is 4.61. The number of nitrogen functional groups attached to an aromatic ring is 1.